The van der Waals surface area contributed by atoms with Crippen LogP contribution in [-0.4, -0.2) is 4.98 Å². The second kappa shape index (κ2) is 5.06. The van der Waals surface area contributed by atoms with E-state index in [-0.39, 0.29) is 11.9 Å². The van der Waals surface area contributed by atoms with Crippen LogP contribution in [0.1, 0.15) is 24.9 Å². The van der Waals surface area contributed by atoms with Gasteiger partial charge in [-0.1, -0.05) is 31.2 Å². The van der Waals surface area contributed by atoms with Crippen molar-refractivity contribution in [1.29, 1.82) is 0 Å². The molecule has 0 fully saturated rings. The minimum atomic E-state index is -0.306. The Morgan fingerprint density at radius 2 is 1.94 bits per heavy atom. The minimum Gasteiger partial charge on any atom is -0.324 e. The largest absolute Gasteiger partial charge is 0.324 e. The van der Waals surface area contributed by atoms with Crippen molar-refractivity contribution >= 4 is 0 Å². The van der Waals surface area contributed by atoms with Crippen molar-refractivity contribution in [2.45, 2.75) is 19.4 Å². The van der Waals surface area contributed by atoms with Gasteiger partial charge in [-0.3, -0.25) is 4.98 Å². The standard InChI is InChI=1S/C14H15FN2/c1-2-14(16)11-5-3-10(4-6-11)12-7-8-17-9-13(12)15/h3-9,14H,2,16H2,1H3. The van der Waals surface area contributed by atoms with Gasteiger partial charge in [0.25, 0.3) is 0 Å². The summed E-state index contributed by atoms with van der Waals surface area (Å²) in [5.74, 6) is -0.306. The van der Waals surface area contributed by atoms with Crippen LogP contribution in [-0.2, 0) is 0 Å². The number of hydrogen-bond donors (Lipinski definition) is 1. The van der Waals surface area contributed by atoms with Crippen LogP contribution in [0.15, 0.2) is 42.7 Å². The van der Waals surface area contributed by atoms with Gasteiger partial charge in [-0.2, -0.15) is 0 Å². The number of halogens is 1. The number of nitrogens with two attached hydrogens (primary N) is 1. The van der Waals surface area contributed by atoms with Crippen molar-refractivity contribution in [2.75, 3.05) is 0 Å². The van der Waals surface area contributed by atoms with Crippen molar-refractivity contribution < 1.29 is 4.39 Å². The zero-order valence-corrected chi connectivity index (χ0v) is 9.73. The number of benzene rings is 1. The Kier molecular flexibility index (Phi) is 3.49. The molecular weight excluding hydrogens is 215 g/mol. The van der Waals surface area contributed by atoms with E-state index in [4.69, 9.17) is 5.73 Å². The number of aromatic nitrogens is 1. The average molecular weight is 230 g/mol. The van der Waals surface area contributed by atoms with E-state index in [1.54, 1.807) is 12.3 Å². The van der Waals surface area contributed by atoms with Gasteiger partial charge in [-0.15, -0.1) is 0 Å². The summed E-state index contributed by atoms with van der Waals surface area (Å²) < 4.78 is 13.5. The molecule has 2 rings (SSSR count). The predicted octanol–water partition coefficient (Wildman–Crippen LogP) is 3.30. The van der Waals surface area contributed by atoms with Gasteiger partial charge in [0.1, 0.15) is 5.82 Å². The van der Waals surface area contributed by atoms with Crippen LogP contribution in [0.4, 0.5) is 4.39 Å². The van der Waals surface area contributed by atoms with E-state index in [9.17, 15) is 4.39 Å². The Bertz CT molecular complexity index is 494. The molecule has 1 unspecified atom stereocenters. The molecule has 0 bridgehead atoms. The summed E-state index contributed by atoms with van der Waals surface area (Å²) in [6.45, 7) is 2.04. The van der Waals surface area contributed by atoms with Gasteiger partial charge in [0.15, 0.2) is 0 Å². The lowest BCUT2D eigenvalue weighted by molar-refractivity contribution is 0.625. The normalized spacial score (nSPS) is 12.4. The van der Waals surface area contributed by atoms with Gasteiger partial charge in [-0.05, 0) is 23.6 Å². The maximum absolute atomic E-state index is 13.5. The highest BCUT2D eigenvalue weighted by Gasteiger charge is 2.06. The predicted molar refractivity (Wildman–Crippen MR) is 66.9 cm³/mol. The van der Waals surface area contributed by atoms with Gasteiger partial charge in [-0.25, -0.2) is 4.39 Å². The van der Waals surface area contributed by atoms with Crippen molar-refractivity contribution in [3.05, 3.63) is 54.1 Å². The SMILES string of the molecule is CCC(N)c1ccc(-c2ccncc2F)cc1. The summed E-state index contributed by atoms with van der Waals surface area (Å²) in [4.78, 5) is 3.73. The number of rotatable bonds is 3. The van der Waals surface area contributed by atoms with E-state index in [1.165, 1.54) is 6.20 Å². The molecule has 0 spiro atoms. The van der Waals surface area contributed by atoms with Crippen molar-refractivity contribution in [3.8, 4) is 11.1 Å². The van der Waals surface area contributed by atoms with E-state index in [2.05, 4.69) is 4.98 Å². The van der Waals surface area contributed by atoms with E-state index in [0.717, 1.165) is 17.5 Å². The third-order valence-electron chi connectivity index (χ3n) is 2.86. The molecule has 0 saturated carbocycles. The summed E-state index contributed by atoms with van der Waals surface area (Å²) in [5.41, 5.74) is 8.41. The smallest absolute Gasteiger partial charge is 0.149 e. The zero-order valence-electron chi connectivity index (χ0n) is 9.73. The Hall–Kier alpha value is -1.74. The highest BCUT2D eigenvalue weighted by molar-refractivity contribution is 5.63. The van der Waals surface area contributed by atoms with E-state index < -0.39 is 0 Å². The fraction of sp³-hybridized carbons (Fsp3) is 0.214. The molecule has 1 heterocycles. The van der Waals surface area contributed by atoms with Crippen molar-refractivity contribution in [3.63, 3.8) is 0 Å². The molecule has 2 N–H and O–H groups in total. The second-order valence-electron chi connectivity index (χ2n) is 3.99. The monoisotopic (exact) mass is 230 g/mol. The van der Waals surface area contributed by atoms with Crippen LogP contribution < -0.4 is 5.73 Å². The second-order valence-corrected chi connectivity index (χ2v) is 3.99. The topological polar surface area (TPSA) is 38.9 Å². The molecule has 3 heteroatoms. The summed E-state index contributed by atoms with van der Waals surface area (Å²) >= 11 is 0. The van der Waals surface area contributed by atoms with Gasteiger partial charge in [0.2, 0.25) is 0 Å². The first-order chi connectivity index (χ1) is 8.22. The lowest BCUT2D eigenvalue weighted by Gasteiger charge is -2.10. The van der Waals surface area contributed by atoms with E-state index in [0.29, 0.717) is 5.56 Å². The Morgan fingerprint density at radius 1 is 1.24 bits per heavy atom. The number of nitrogens with zero attached hydrogens (tertiary/aromatic N) is 1. The van der Waals surface area contributed by atoms with Crippen LogP contribution in [0.3, 0.4) is 0 Å². The molecule has 1 aromatic carbocycles. The maximum atomic E-state index is 13.5. The first kappa shape index (κ1) is 11.7. The van der Waals surface area contributed by atoms with Crippen LogP contribution >= 0.6 is 0 Å². The van der Waals surface area contributed by atoms with Gasteiger partial charge < -0.3 is 5.73 Å². The van der Waals surface area contributed by atoms with Crippen molar-refractivity contribution in [2.24, 2.45) is 5.73 Å². The summed E-state index contributed by atoms with van der Waals surface area (Å²) in [6.07, 6.45) is 3.70. The molecule has 0 aliphatic carbocycles. The Balaban J connectivity index is 2.33. The quantitative estimate of drug-likeness (QED) is 0.878. The lowest BCUT2D eigenvalue weighted by atomic mass is 10.0. The number of hydrogen-bond acceptors (Lipinski definition) is 2. The van der Waals surface area contributed by atoms with Gasteiger partial charge in [0.05, 0.1) is 6.20 Å². The molecule has 0 radical (unpaired) electrons. The first-order valence-corrected chi connectivity index (χ1v) is 5.67. The molecule has 0 saturated heterocycles. The molecule has 0 aliphatic rings. The third kappa shape index (κ3) is 2.50. The minimum absolute atomic E-state index is 0.0475. The molecule has 1 atom stereocenters. The van der Waals surface area contributed by atoms with Gasteiger partial charge in [0, 0.05) is 17.8 Å². The Morgan fingerprint density at radius 3 is 2.53 bits per heavy atom. The van der Waals surface area contributed by atoms with Crippen LogP contribution in [0.25, 0.3) is 11.1 Å². The molecule has 88 valence electrons. The summed E-state index contributed by atoms with van der Waals surface area (Å²) in [6, 6.07) is 9.40. The molecule has 2 nitrogen and oxygen atoms in total. The highest BCUT2D eigenvalue weighted by Crippen LogP contribution is 2.23. The molecular formula is C14H15FN2. The average Bonchev–Trinajstić information content (AvgIpc) is 2.39. The van der Waals surface area contributed by atoms with Crippen LogP contribution in [0, 0.1) is 5.82 Å². The Labute approximate surface area is 100 Å². The third-order valence-corrected chi connectivity index (χ3v) is 2.86. The maximum Gasteiger partial charge on any atom is 0.149 e. The lowest BCUT2D eigenvalue weighted by Crippen LogP contribution is -2.08. The fourth-order valence-electron chi connectivity index (χ4n) is 1.75. The molecule has 0 aliphatic heterocycles. The summed E-state index contributed by atoms with van der Waals surface area (Å²) in [5, 5.41) is 0. The summed E-state index contributed by atoms with van der Waals surface area (Å²) in [7, 11) is 0. The van der Waals surface area contributed by atoms with Crippen LogP contribution in [0.5, 0.6) is 0 Å². The first-order valence-electron chi connectivity index (χ1n) is 5.67. The molecule has 2 aromatic rings. The molecule has 0 amide bonds. The van der Waals surface area contributed by atoms with E-state index >= 15 is 0 Å². The van der Waals surface area contributed by atoms with E-state index in [1.807, 2.05) is 31.2 Å². The molecule has 17 heavy (non-hydrogen) atoms. The zero-order chi connectivity index (χ0) is 12.3. The van der Waals surface area contributed by atoms with Gasteiger partial charge >= 0.3 is 0 Å². The molecule has 1 aromatic heterocycles. The number of pyridine rings is 1. The fourth-order valence-corrected chi connectivity index (χ4v) is 1.75. The highest BCUT2D eigenvalue weighted by atomic mass is 19.1. The van der Waals surface area contributed by atoms with Crippen LogP contribution in [0.2, 0.25) is 0 Å². The van der Waals surface area contributed by atoms with Crippen molar-refractivity contribution in [1.82, 2.24) is 4.98 Å².